The van der Waals surface area contributed by atoms with Gasteiger partial charge in [0.25, 0.3) is 5.91 Å². The van der Waals surface area contributed by atoms with Gasteiger partial charge < -0.3 is 14.4 Å². The van der Waals surface area contributed by atoms with Crippen molar-refractivity contribution in [2.24, 2.45) is 5.84 Å². The number of carbonyl (C=O) groups excluding carboxylic acids is 2. The number of amides is 1. The van der Waals surface area contributed by atoms with Gasteiger partial charge in [0.05, 0.1) is 0 Å². The fourth-order valence-corrected chi connectivity index (χ4v) is 3.07. The average molecular weight is 395 g/mol. The lowest BCUT2D eigenvalue weighted by molar-refractivity contribution is -0.154. The Morgan fingerprint density at radius 2 is 1.86 bits per heavy atom. The predicted octanol–water partition coefficient (Wildman–Crippen LogP) is 2.21. The monoisotopic (exact) mass is 395 g/mol. The molecule has 1 aromatic carbocycles. The van der Waals surface area contributed by atoms with E-state index in [-0.39, 0.29) is 5.91 Å². The van der Waals surface area contributed by atoms with E-state index in [2.05, 4.69) is 11.8 Å². The molecule has 2 unspecified atom stereocenters. The summed E-state index contributed by atoms with van der Waals surface area (Å²) in [5.41, 5.74) is -0.150. The summed E-state index contributed by atoms with van der Waals surface area (Å²) < 4.78 is 10.9. The van der Waals surface area contributed by atoms with Crippen molar-refractivity contribution in [1.82, 2.24) is 9.91 Å². The molecule has 7 nitrogen and oxygen atoms in total. The molecule has 3 rings (SSSR count). The number of ether oxygens (including phenoxy) is 2. The van der Waals surface area contributed by atoms with E-state index in [1.54, 1.807) is 36.5 Å². The number of nitrogens with two attached hydrogens (primary N) is 1. The highest BCUT2D eigenvalue weighted by atomic mass is 16.7. The Morgan fingerprint density at radius 1 is 1.17 bits per heavy atom. The number of allylic oxidation sites excluding steroid dienone is 2. The van der Waals surface area contributed by atoms with E-state index in [1.807, 2.05) is 24.0 Å². The predicted molar refractivity (Wildman–Crippen MR) is 108 cm³/mol. The minimum atomic E-state index is -1.10. The van der Waals surface area contributed by atoms with Gasteiger partial charge in [0.1, 0.15) is 11.3 Å². The number of hydrazine groups is 1. The van der Waals surface area contributed by atoms with Crippen molar-refractivity contribution in [2.45, 2.75) is 38.5 Å². The number of likely N-dealkylation sites (tertiary alicyclic amines) is 1. The molecule has 1 amide bonds. The highest BCUT2D eigenvalue weighted by Crippen LogP contribution is 2.19. The van der Waals surface area contributed by atoms with Crippen molar-refractivity contribution in [3.8, 4) is 17.6 Å². The fourth-order valence-electron chi connectivity index (χ4n) is 3.07. The lowest BCUT2D eigenvalue weighted by Gasteiger charge is -2.31. The van der Waals surface area contributed by atoms with Gasteiger partial charge >= 0.3 is 12.3 Å². The summed E-state index contributed by atoms with van der Waals surface area (Å²) in [7, 11) is 0. The van der Waals surface area contributed by atoms with E-state index in [0.717, 1.165) is 25.9 Å². The Kier molecular flexibility index (Phi) is 6.25. The minimum Gasteiger partial charge on any atom is -0.444 e. The van der Waals surface area contributed by atoms with Gasteiger partial charge in [-0.25, -0.2) is 5.84 Å². The second-order valence-corrected chi connectivity index (χ2v) is 7.11. The third-order valence-electron chi connectivity index (χ3n) is 4.77. The summed E-state index contributed by atoms with van der Waals surface area (Å²) in [6, 6.07) is 6.74. The topological polar surface area (TPSA) is 85.1 Å². The summed E-state index contributed by atoms with van der Waals surface area (Å²) in [6.07, 6.45) is 8.16. The van der Waals surface area contributed by atoms with Crippen LogP contribution in [0.25, 0.3) is 0 Å². The van der Waals surface area contributed by atoms with Crippen LogP contribution >= 0.6 is 0 Å². The largest absolute Gasteiger partial charge is 0.444 e. The molecule has 29 heavy (non-hydrogen) atoms. The number of carbonyl (C=O) groups is 2. The molecule has 1 saturated heterocycles. The molecule has 2 aliphatic rings. The molecule has 0 aliphatic carbocycles. The molecule has 2 atom stereocenters. The number of rotatable bonds is 4. The van der Waals surface area contributed by atoms with E-state index >= 15 is 0 Å². The molecule has 152 valence electrons. The Balaban J connectivity index is 1.71. The zero-order valence-corrected chi connectivity index (χ0v) is 16.6. The first-order chi connectivity index (χ1) is 13.9. The molecule has 0 bridgehead atoms. The van der Waals surface area contributed by atoms with Crippen molar-refractivity contribution in [2.75, 3.05) is 13.1 Å². The molecule has 0 aromatic heterocycles. The first-order valence-electron chi connectivity index (χ1n) is 9.53. The van der Waals surface area contributed by atoms with Crippen LogP contribution in [0, 0.1) is 11.8 Å². The molecule has 2 N–H and O–H groups in total. The minimum absolute atomic E-state index is 0.0125. The number of hydrogen-bond donors (Lipinski definition) is 1. The maximum absolute atomic E-state index is 12.4. The summed E-state index contributed by atoms with van der Waals surface area (Å²) in [5, 5.41) is 1.46. The highest BCUT2D eigenvalue weighted by molar-refractivity contribution is 5.94. The van der Waals surface area contributed by atoms with Gasteiger partial charge in [-0.05, 0) is 62.1 Å². The number of hydrogen-bond acceptors (Lipinski definition) is 6. The maximum atomic E-state index is 12.4. The van der Waals surface area contributed by atoms with Crippen LogP contribution in [-0.4, -0.2) is 46.7 Å². The van der Waals surface area contributed by atoms with Gasteiger partial charge in [0.2, 0.25) is 0 Å². The van der Waals surface area contributed by atoms with Crippen LogP contribution in [0.4, 0.5) is 0 Å². The Labute approximate surface area is 170 Å². The van der Waals surface area contributed by atoms with Gasteiger partial charge in [0.15, 0.2) is 0 Å². The van der Waals surface area contributed by atoms with Crippen molar-refractivity contribution in [3.05, 3.63) is 54.3 Å². The van der Waals surface area contributed by atoms with Crippen molar-refractivity contribution < 1.29 is 19.1 Å². The van der Waals surface area contributed by atoms with E-state index < -0.39 is 17.8 Å². The SMILES string of the molecule is CC(=O)OC(C#CC1(C)C=CC=CN1N)Oc1ccc(C(=O)N2CCCC2)cc1. The van der Waals surface area contributed by atoms with E-state index in [1.165, 1.54) is 11.9 Å². The lowest BCUT2D eigenvalue weighted by Crippen LogP contribution is -2.46. The van der Waals surface area contributed by atoms with E-state index in [9.17, 15) is 9.59 Å². The van der Waals surface area contributed by atoms with Crippen LogP contribution in [0.3, 0.4) is 0 Å². The molecular formula is C22H25N3O4. The molecule has 1 aromatic rings. The van der Waals surface area contributed by atoms with Crippen LogP contribution in [0.1, 0.15) is 37.0 Å². The second kappa shape index (κ2) is 8.84. The molecule has 0 radical (unpaired) electrons. The number of benzene rings is 1. The Bertz CT molecular complexity index is 876. The quantitative estimate of drug-likeness (QED) is 0.364. The van der Waals surface area contributed by atoms with Crippen LogP contribution in [0.2, 0.25) is 0 Å². The first-order valence-corrected chi connectivity index (χ1v) is 9.53. The van der Waals surface area contributed by atoms with Crippen molar-refractivity contribution in [1.29, 1.82) is 0 Å². The van der Waals surface area contributed by atoms with Gasteiger partial charge in [-0.15, -0.1) is 0 Å². The summed E-state index contributed by atoms with van der Waals surface area (Å²) in [6.45, 7) is 4.71. The normalized spacial score (nSPS) is 21.3. The Morgan fingerprint density at radius 3 is 2.48 bits per heavy atom. The third-order valence-corrected chi connectivity index (χ3v) is 4.77. The molecule has 2 heterocycles. The molecule has 0 spiro atoms. The highest BCUT2D eigenvalue weighted by Gasteiger charge is 2.25. The smallest absolute Gasteiger partial charge is 0.308 e. The fraction of sp³-hybridized carbons (Fsp3) is 0.364. The van der Waals surface area contributed by atoms with Crippen molar-refractivity contribution >= 4 is 11.9 Å². The summed E-state index contributed by atoms with van der Waals surface area (Å²) in [5.74, 6) is 11.7. The van der Waals surface area contributed by atoms with Crippen LogP contribution in [-0.2, 0) is 9.53 Å². The Hall–Kier alpha value is -3.24. The van der Waals surface area contributed by atoms with E-state index in [4.69, 9.17) is 15.3 Å². The molecule has 2 aliphatic heterocycles. The van der Waals surface area contributed by atoms with Crippen LogP contribution in [0.15, 0.2) is 48.7 Å². The van der Waals surface area contributed by atoms with Crippen LogP contribution in [0.5, 0.6) is 5.75 Å². The average Bonchev–Trinajstić information content (AvgIpc) is 3.23. The standard InChI is InChI=1S/C22H25N3O4/c1-17(26)28-20(11-13-22(2)12-3-4-16-25(22)23)29-19-9-7-18(8-10-19)21(27)24-14-5-6-15-24/h3-4,7-10,12,16,20H,5-6,14-15,23H2,1-2H3. The van der Waals surface area contributed by atoms with Crippen LogP contribution < -0.4 is 10.6 Å². The zero-order chi connectivity index (χ0) is 20.9. The van der Waals surface area contributed by atoms with Crippen molar-refractivity contribution in [3.63, 3.8) is 0 Å². The van der Waals surface area contributed by atoms with E-state index in [0.29, 0.717) is 11.3 Å². The molecule has 7 heteroatoms. The summed E-state index contributed by atoms with van der Waals surface area (Å²) in [4.78, 5) is 25.7. The third kappa shape index (κ3) is 5.18. The van der Waals surface area contributed by atoms with Gasteiger partial charge in [-0.1, -0.05) is 12.0 Å². The van der Waals surface area contributed by atoms with Gasteiger partial charge in [-0.3, -0.25) is 14.6 Å². The first kappa shape index (κ1) is 20.5. The molecular weight excluding hydrogens is 370 g/mol. The molecule has 1 fully saturated rings. The zero-order valence-electron chi connectivity index (χ0n) is 16.6. The second-order valence-electron chi connectivity index (χ2n) is 7.11. The van der Waals surface area contributed by atoms with Gasteiger partial charge in [-0.2, -0.15) is 0 Å². The number of esters is 1. The maximum Gasteiger partial charge on any atom is 0.308 e. The molecule has 0 saturated carbocycles. The lowest BCUT2D eigenvalue weighted by atomic mass is 10.00. The number of nitrogens with zero attached hydrogens (tertiary/aromatic N) is 2. The summed E-state index contributed by atoms with van der Waals surface area (Å²) >= 11 is 0. The van der Waals surface area contributed by atoms with Gasteiger partial charge in [0, 0.05) is 31.8 Å².